The van der Waals surface area contributed by atoms with Crippen LogP contribution in [-0.4, -0.2) is 42.3 Å². The number of nitrogens with one attached hydrogen (secondary N) is 1. The van der Waals surface area contributed by atoms with Crippen molar-refractivity contribution < 1.29 is 19.3 Å². The molecule has 0 saturated heterocycles. The molecule has 1 saturated carbocycles. The van der Waals surface area contributed by atoms with Crippen LogP contribution in [0.2, 0.25) is 0 Å². The molecule has 0 spiro atoms. The molecule has 2 aromatic carbocycles. The summed E-state index contributed by atoms with van der Waals surface area (Å²) < 4.78 is 19.4. The minimum Gasteiger partial charge on any atom is -0.387 e. The molecule has 0 amide bonds. The monoisotopic (exact) mass is 483 g/mol. The highest BCUT2D eigenvalue weighted by Crippen LogP contribution is 2.40. The van der Waals surface area contributed by atoms with Gasteiger partial charge in [0, 0.05) is 12.8 Å². The van der Waals surface area contributed by atoms with Gasteiger partial charge in [-0.15, -0.1) is 0 Å². The quantitative estimate of drug-likeness (QED) is 0.330. The number of rotatable bonds is 14. The predicted molar refractivity (Wildman–Crippen MR) is 141 cm³/mol. The van der Waals surface area contributed by atoms with E-state index >= 15 is 0 Å². The van der Waals surface area contributed by atoms with Crippen LogP contribution in [0, 0.1) is 5.41 Å². The van der Waals surface area contributed by atoms with Crippen LogP contribution in [0.4, 0.5) is 0 Å². The minimum atomic E-state index is -0.973. The van der Waals surface area contributed by atoms with E-state index in [9.17, 15) is 5.11 Å². The maximum atomic E-state index is 11.4. The van der Waals surface area contributed by atoms with Gasteiger partial charge in [0.05, 0.1) is 31.5 Å². The van der Waals surface area contributed by atoms with E-state index in [1.807, 2.05) is 50.4 Å². The molecule has 1 aliphatic carbocycles. The molecule has 5 heteroatoms. The molecular weight excluding hydrogens is 438 g/mol. The second-order valence-corrected chi connectivity index (χ2v) is 10.8. The number of unbranched alkanes of at least 4 members (excludes halogenated alkanes) is 1. The zero-order valence-electron chi connectivity index (χ0n) is 22.3. The number of benzene rings is 2. The Bertz CT molecular complexity index is 870. The van der Waals surface area contributed by atoms with Crippen molar-refractivity contribution in [3.05, 3.63) is 71.8 Å². The molecule has 5 nitrogen and oxygen atoms in total. The van der Waals surface area contributed by atoms with Crippen molar-refractivity contribution >= 4 is 0 Å². The van der Waals surface area contributed by atoms with Gasteiger partial charge in [-0.05, 0) is 36.9 Å². The van der Waals surface area contributed by atoms with Crippen LogP contribution in [0.15, 0.2) is 60.7 Å². The van der Waals surface area contributed by atoms with E-state index in [-0.39, 0.29) is 24.2 Å². The van der Waals surface area contributed by atoms with Crippen LogP contribution in [0.25, 0.3) is 0 Å². The van der Waals surface area contributed by atoms with Crippen LogP contribution < -0.4 is 5.32 Å². The van der Waals surface area contributed by atoms with E-state index < -0.39 is 11.3 Å². The molecule has 1 fully saturated rings. The summed E-state index contributed by atoms with van der Waals surface area (Å²) in [7, 11) is 1.91. The lowest BCUT2D eigenvalue weighted by Gasteiger charge is -2.43. The molecule has 4 atom stereocenters. The fourth-order valence-electron chi connectivity index (χ4n) is 4.71. The Hall–Kier alpha value is -1.76. The molecule has 2 aromatic rings. The molecular formula is C30H45NO4. The molecule has 1 aliphatic rings. The molecule has 0 heterocycles. The molecule has 0 aliphatic heterocycles. The summed E-state index contributed by atoms with van der Waals surface area (Å²) in [5, 5.41) is 14.8. The third-order valence-electron chi connectivity index (χ3n) is 7.80. The van der Waals surface area contributed by atoms with Crippen molar-refractivity contribution in [3.8, 4) is 0 Å². The number of hydrogen-bond acceptors (Lipinski definition) is 5. The number of likely N-dealkylation sites (N-methyl/N-ethyl adjacent to an activating group) is 1. The molecule has 0 radical (unpaired) electrons. The fraction of sp³-hybridized carbons (Fsp3) is 0.600. The zero-order chi connectivity index (χ0) is 25.4. The van der Waals surface area contributed by atoms with E-state index in [0.717, 1.165) is 36.8 Å². The average Bonchev–Trinajstić information content (AvgIpc) is 3.23. The first kappa shape index (κ1) is 27.8. The lowest BCUT2D eigenvalue weighted by molar-refractivity contribution is -0.200. The minimum absolute atomic E-state index is 0.0125. The second-order valence-electron chi connectivity index (χ2n) is 10.8. The largest absolute Gasteiger partial charge is 0.387 e. The molecule has 3 rings (SSSR count). The summed E-state index contributed by atoms with van der Waals surface area (Å²) in [6, 6.07) is 20.4. The van der Waals surface area contributed by atoms with Crippen molar-refractivity contribution in [1.29, 1.82) is 0 Å². The molecule has 1 unspecified atom stereocenters. The highest BCUT2D eigenvalue weighted by atomic mass is 16.6. The van der Waals surface area contributed by atoms with Gasteiger partial charge in [0.1, 0.15) is 11.8 Å². The van der Waals surface area contributed by atoms with Crippen LogP contribution in [-0.2, 0) is 27.4 Å². The topological polar surface area (TPSA) is 60.0 Å². The summed E-state index contributed by atoms with van der Waals surface area (Å²) in [5.41, 5.74) is 0.302. The first-order valence-electron chi connectivity index (χ1n) is 13.1. The summed E-state index contributed by atoms with van der Waals surface area (Å²) in [5.74, 6) is 0. The number of ether oxygens (including phenoxy) is 3. The highest BCUT2D eigenvalue weighted by Gasteiger charge is 2.51. The van der Waals surface area contributed by atoms with Gasteiger partial charge in [0.2, 0.25) is 0 Å². The molecule has 0 bridgehead atoms. The number of aliphatic hydroxyl groups is 1. The Balaban J connectivity index is 1.72. The fourth-order valence-corrected chi connectivity index (χ4v) is 4.71. The Morgan fingerprint density at radius 3 is 2.06 bits per heavy atom. The second kappa shape index (κ2) is 12.5. The lowest BCUT2D eigenvalue weighted by Crippen LogP contribution is -2.56. The van der Waals surface area contributed by atoms with E-state index in [1.165, 1.54) is 0 Å². The van der Waals surface area contributed by atoms with E-state index in [4.69, 9.17) is 14.2 Å². The SMILES string of the molecule is CCCCC(C)(C)C(C)(O)CO[C@]1(NC)C[C@H](OCc2ccccc2)C[C@@H]1OCc1ccccc1. The molecule has 35 heavy (non-hydrogen) atoms. The Kier molecular flexibility index (Phi) is 9.91. The summed E-state index contributed by atoms with van der Waals surface area (Å²) in [6.07, 6.45) is 4.30. The first-order valence-corrected chi connectivity index (χ1v) is 13.1. The summed E-state index contributed by atoms with van der Waals surface area (Å²) >= 11 is 0. The third-order valence-corrected chi connectivity index (χ3v) is 7.80. The molecule has 194 valence electrons. The third kappa shape index (κ3) is 7.37. The maximum absolute atomic E-state index is 11.4. The smallest absolute Gasteiger partial charge is 0.148 e. The Labute approximate surface area is 212 Å². The van der Waals surface area contributed by atoms with Crippen LogP contribution >= 0.6 is 0 Å². The Morgan fingerprint density at radius 2 is 1.51 bits per heavy atom. The summed E-state index contributed by atoms with van der Waals surface area (Å²) in [4.78, 5) is 0. The van der Waals surface area contributed by atoms with Crippen LogP contribution in [0.1, 0.15) is 70.9 Å². The predicted octanol–water partition coefficient (Wildman–Crippen LogP) is 5.85. The maximum Gasteiger partial charge on any atom is 0.148 e. The standard InChI is InChI=1S/C30H45NO4/c1-6-7-18-28(2,3)29(4,32)23-35-30(31-5)20-26(33-21-24-14-10-8-11-15-24)19-27(30)34-22-25-16-12-9-13-17-25/h8-17,26-27,31-32H,6-7,18-23H2,1-5H3/t26-,27+,29?,30-/m1/s1. The van der Waals surface area contributed by atoms with Crippen LogP contribution in [0.3, 0.4) is 0 Å². The van der Waals surface area contributed by atoms with Gasteiger partial charge in [-0.3, -0.25) is 5.32 Å². The van der Waals surface area contributed by atoms with Gasteiger partial charge in [0.15, 0.2) is 0 Å². The first-order chi connectivity index (χ1) is 16.7. The molecule has 0 aromatic heterocycles. The van der Waals surface area contributed by atoms with Crippen molar-refractivity contribution in [2.75, 3.05) is 13.7 Å². The van der Waals surface area contributed by atoms with E-state index in [2.05, 4.69) is 50.4 Å². The van der Waals surface area contributed by atoms with Gasteiger partial charge in [-0.1, -0.05) is 94.3 Å². The molecule has 2 N–H and O–H groups in total. The Morgan fingerprint density at radius 1 is 0.943 bits per heavy atom. The van der Waals surface area contributed by atoms with E-state index in [0.29, 0.717) is 19.6 Å². The average molecular weight is 484 g/mol. The van der Waals surface area contributed by atoms with Gasteiger partial charge < -0.3 is 19.3 Å². The van der Waals surface area contributed by atoms with Crippen molar-refractivity contribution in [2.45, 2.75) is 96.5 Å². The normalized spacial score (nSPS) is 24.4. The van der Waals surface area contributed by atoms with Crippen molar-refractivity contribution in [2.24, 2.45) is 5.41 Å². The van der Waals surface area contributed by atoms with E-state index in [1.54, 1.807) is 0 Å². The van der Waals surface area contributed by atoms with Gasteiger partial charge in [-0.2, -0.15) is 0 Å². The van der Waals surface area contributed by atoms with Gasteiger partial charge in [0.25, 0.3) is 0 Å². The lowest BCUT2D eigenvalue weighted by atomic mass is 9.73. The summed E-state index contributed by atoms with van der Waals surface area (Å²) in [6.45, 7) is 9.61. The zero-order valence-corrected chi connectivity index (χ0v) is 22.3. The van der Waals surface area contributed by atoms with Crippen molar-refractivity contribution in [1.82, 2.24) is 5.32 Å². The van der Waals surface area contributed by atoms with Crippen molar-refractivity contribution in [3.63, 3.8) is 0 Å². The highest BCUT2D eigenvalue weighted by molar-refractivity contribution is 5.15. The van der Waals surface area contributed by atoms with Gasteiger partial charge >= 0.3 is 0 Å². The van der Waals surface area contributed by atoms with Crippen LogP contribution in [0.5, 0.6) is 0 Å². The van der Waals surface area contributed by atoms with Gasteiger partial charge in [-0.25, -0.2) is 0 Å². The number of hydrogen-bond donors (Lipinski definition) is 2.